The van der Waals surface area contributed by atoms with E-state index in [0.29, 0.717) is 5.69 Å². The Bertz CT molecular complexity index is 535. The van der Waals surface area contributed by atoms with Gasteiger partial charge in [-0.05, 0) is 22.0 Å². The fraction of sp³-hybridized carbons (Fsp3) is 0.273. The van der Waals surface area contributed by atoms with Crippen LogP contribution >= 0.6 is 15.9 Å². The van der Waals surface area contributed by atoms with Crippen molar-refractivity contribution < 1.29 is 19.1 Å². The summed E-state index contributed by atoms with van der Waals surface area (Å²) in [5.74, 6) is -2.63. The first kappa shape index (κ1) is 12.8. The number of rotatable bonds is 2. The van der Waals surface area contributed by atoms with E-state index in [0.717, 1.165) is 6.07 Å². The number of halogens is 2. The maximum atomic E-state index is 13.2. The second-order valence-electron chi connectivity index (χ2n) is 4.07. The molecule has 0 radical (unpaired) electrons. The molecule has 1 saturated heterocycles. The Kier molecular flexibility index (Phi) is 3.25. The zero-order valence-corrected chi connectivity index (χ0v) is 10.8. The highest BCUT2D eigenvalue weighted by atomic mass is 79.9. The SMILES string of the molecule is Nc1cc(F)c(Br)cc1N1CC(C(=O)O)CC1=O. The number of carbonyl (C=O) groups excluding carboxylic acids is 1. The van der Waals surface area contributed by atoms with Crippen molar-refractivity contribution in [2.24, 2.45) is 5.92 Å². The number of anilines is 2. The predicted octanol–water partition coefficient (Wildman–Crippen LogP) is 1.61. The van der Waals surface area contributed by atoms with E-state index in [-0.39, 0.29) is 29.0 Å². The molecule has 0 aromatic heterocycles. The first-order valence-electron chi connectivity index (χ1n) is 5.18. The number of benzene rings is 1. The number of aliphatic carboxylic acids is 1. The molecule has 1 aliphatic rings. The van der Waals surface area contributed by atoms with Crippen molar-refractivity contribution in [3.63, 3.8) is 0 Å². The Morgan fingerprint density at radius 3 is 2.78 bits per heavy atom. The minimum atomic E-state index is -1.02. The van der Waals surface area contributed by atoms with Gasteiger partial charge in [0.1, 0.15) is 5.82 Å². The van der Waals surface area contributed by atoms with Crippen LogP contribution in [0.2, 0.25) is 0 Å². The quantitative estimate of drug-likeness (QED) is 0.812. The minimum Gasteiger partial charge on any atom is -0.481 e. The zero-order valence-electron chi connectivity index (χ0n) is 9.19. The molecule has 1 aliphatic heterocycles. The van der Waals surface area contributed by atoms with Crippen molar-refractivity contribution >= 4 is 39.2 Å². The van der Waals surface area contributed by atoms with Crippen molar-refractivity contribution in [2.45, 2.75) is 6.42 Å². The van der Waals surface area contributed by atoms with Crippen molar-refractivity contribution in [3.8, 4) is 0 Å². The lowest BCUT2D eigenvalue weighted by Gasteiger charge is -2.18. The molecule has 7 heteroatoms. The van der Waals surface area contributed by atoms with Crippen molar-refractivity contribution in [1.29, 1.82) is 0 Å². The summed E-state index contributed by atoms with van der Waals surface area (Å²) in [6.45, 7) is 0.0520. The van der Waals surface area contributed by atoms with Gasteiger partial charge in [0, 0.05) is 19.0 Å². The number of hydrogen-bond donors (Lipinski definition) is 2. The lowest BCUT2D eigenvalue weighted by Crippen LogP contribution is -2.26. The average molecular weight is 317 g/mol. The average Bonchev–Trinajstić information content (AvgIpc) is 2.66. The molecule has 1 fully saturated rings. The van der Waals surface area contributed by atoms with Crippen LogP contribution in [0.4, 0.5) is 15.8 Å². The van der Waals surface area contributed by atoms with E-state index in [1.54, 1.807) is 0 Å². The van der Waals surface area contributed by atoms with Gasteiger partial charge in [-0.25, -0.2) is 4.39 Å². The molecule has 3 N–H and O–H groups in total. The van der Waals surface area contributed by atoms with Gasteiger partial charge < -0.3 is 15.7 Å². The van der Waals surface area contributed by atoms with Gasteiger partial charge in [0.25, 0.3) is 0 Å². The third-order valence-electron chi connectivity index (χ3n) is 2.83. The highest BCUT2D eigenvalue weighted by molar-refractivity contribution is 9.10. The number of carboxylic acids is 1. The lowest BCUT2D eigenvalue weighted by molar-refractivity contribution is -0.141. The number of nitrogen functional groups attached to an aromatic ring is 1. The fourth-order valence-corrected chi connectivity index (χ4v) is 2.22. The standard InChI is InChI=1S/C11H10BrFN2O3/c12-6-2-9(8(14)3-7(6)13)15-4-5(11(17)18)1-10(15)16/h2-3,5H,1,4,14H2,(H,17,18). The summed E-state index contributed by atoms with van der Waals surface area (Å²) in [5.41, 5.74) is 6.09. The summed E-state index contributed by atoms with van der Waals surface area (Å²) in [6.07, 6.45) is -0.0657. The molecule has 1 amide bonds. The molecule has 2 rings (SSSR count). The van der Waals surface area contributed by atoms with Gasteiger partial charge in [-0.3, -0.25) is 9.59 Å². The van der Waals surface area contributed by atoms with Crippen molar-refractivity contribution in [2.75, 3.05) is 17.2 Å². The molecule has 5 nitrogen and oxygen atoms in total. The highest BCUT2D eigenvalue weighted by Gasteiger charge is 2.36. The van der Waals surface area contributed by atoms with E-state index >= 15 is 0 Å². The van der Waals surface area contributed by atoms with Gasteiger partial charge in [0.2, 0.25) is 5.91 Å². The normalized spacial score (nSPS) is 19.3. The molecule has 18 heavy (non-hydrogen) atoms. The number of carbonyl (C=O) groups is 2. The van der Waals surface area contributed by atoms with E-state index in [2.05, 4.69) is 15.9 Å². The number of carboxylic acid groups (broad SMARTS) is 1. The first-order valence-corrected chi connectivity index (χ1v) is 5.97. The molecule has 1 aromatic carbocycles. The molecule has 0 bridgehead atoms. The van der Waals surface area contributed by atoms with Gasteiger partial charge in [0.15, 0.2) is 0 Å². The molecular weight excluding hydrogens is 307 g/mol. The third-order valence-corrected chi connectivity index (χ3v) is 3.44. The van der Waals surface area contributed by atoms with E-state index in [9.17, 15) is 14.0 Å². The van der Waals surface area contributed by atoms with Crippen molar-refractivity contribution in [1.82, 2.24) is 0 Å². The van der Waals surface area contributed by atoms with Crippen LogP contribution < -0.4 is 10.6 Å². The first-order chi connectivity index (χ1) is 8.40. The summed E-state index contributed by atoms with van der Waals surface area (Å²) in [7, 11) is 0. The smallest absolute Gasteiger partial charge is 0.308 e. The molecule has 96 valence electrons. The Labute approximate surface area is 111 Å². The van der Waals surface area contributed by atoms with Crippen LogP contribution in [-0.4, -0.2) is 23.5 Å². The van der Waals surface area contributed by atoms with Crippen LogP contribution in [0.15, 0.2) is 16.6 Å². The van der Waals surface area contributed by atoms with E-state index in [4.69, 9.17) is 10.8 Å². The van der Waals surface area contributed by atoms with E-state index in [1.807, 2.05) is 0 Å². The van der Waals surface area contributed by atoms with Gasteiger partial charge in [-0.1, -0.05) is 0 Å². The van der Waals surface area contributed by atoms with Crippen LogP contribution in [0.25, 0.3) is 0 Å². The largest absolute Gasteiger partial charge is 0.481 e. The van der Waals surface area contributed by atoms with Gasteiger partial charge in [0.05, 0.1) is 21.8 Å². The third kappa shape index (κ3) is 2.17. The summed E-state index contributed by atoms with van der Waals surface area (Å²) >= 11 is 3.01. The lowest BCUT2D eigenvalue weighted by atomic mass is 10.1. The summed E-state index contributed by atoms with van der Waals surface area (Å²) in [5, 5.41) is 8.88. The summed E-state index contributed by atoms with van der Waals surface area (Å²) in [6, 6.07) is 2.48. The predicted molar refractivity (Wildman–Crippen MR) is 66.6 cm³/mol. The summed E-state index contributed by atoms with van der Waals surface area (Å²) < 4.78 is 13.4. The van der Waals surface area contributed by atoms with Gasteiger partial charge in [-0.15, -0.1) is 0 Å². The minimum absolute atomic E-state index is 0.0520. The molecule has 0 spiro atoms. The Morgan fingerprint density at radius 1 is 1.56 bits per heavy atom. The van der Waals surface area contributed by atoms with E-state index < -0.39 is 17.7 Å². The van der Waals surface area contributed by atoms with Gasteiger partial charge in [-0.2, -0.15) is 0 Å². The summed E-state index contributed by atoms with van der Waals surface area (Å²) in [4.78, 5) is 23.9. The molecule has 0 saturated carbocycles. The molecular formula is C11H10BrFN2O3. The van der Waals surface area contributed by atoms with Crippen LogP contribution in [0.5, 0.6) is 0 Å². The van der Waals surface area contributed by atoms with Crippen LogP contribution in [0, 0.1) is 11.7 Å². The Balaban J connectivity index is 2.35. The number of nitrogens with zero attached hydrogens (tertiary/aromatic N) is 1. The number of hydrogen-bond acceptors (Lipinski definition) is 3. The topological polar surface area (TPSA) is 83.6 Å². The Hall–Kier alpha value is -1.63. The Morgan fingerprint density at radius 2 is 2.22 bits per heavy atom. The second kappa shape index (κ2) is 4.56. The number of nitrogens with two attached hydrogens (primary N) is 1. The van der Waals surface area contributed by atoms with Crippen LogP contribution in [0.3, 0.4) is 0 Å². The van der Waals surface area contributed by atoms with Crippen LogP contribution in [-0.2, 0) is 9.59 Å². The van der Waals surface area contributed by atoms with Crippen molar-refractivity contribution in [3.05, 3.63) is 22.4 Å². The van der Waals surface area contributed by atoms with Crippen LogP contribution in [0.1, 0.15) is 6.42 Å². The number of amides is 1. The fourth-order valence-electron chi connectivity index (χ4n) is 1.89. The monoisotopic (exact) mass is 316 g/mol. The zero-order chi connectivity index (χ0) is 13.4. The highest BCUT2D eigenvalue weighted by Crippen LogP contribution is 2.33. The molecule has 1 aromatic rings. The maximum absolute atomic E-state index is 13.2. The molecule has 1 atom stereocenters. The second-order valence-corrected chi connectivity index (χ2v) is 4.92. The molecule has 1 heterocycles. The van der Waals surface area contributed by atoms with Gasteiger partial charge >= 0.3 is 5.97 Å². The molecule has 0 aliphatic carbocycles. The molecule has 1 unspecified atom stereocenters. The van der Waals surface area contributed by atoms with E-state index in [1.165, 1.54) is 11.0 Å². The maximum Gasteiger partial charge on any atom is 0.308 e.